The molecule has 20 heavy (non-hydrogen) atoms. The van der Waals surface area contributed by atoms with Crippen LogP contribution in [0.25, 0.3) is 0 Å². The third-order valence-electron chi connectivity index (χ3n) is 3.86. The van der Waals surface area contributed by atoms with E-state index in [-0.39, 0.29) is 6.04 Å². The van der Waals surface area contributed by atoms with E-state index in [4.69, 9.17) is 9.73 Å². The first-order valence-corrected chi connectivity index (χ1v) is 7.21. The highest BCUT2D eigenvalue weighted by molar-refractivity contribution is 5.93. The van der Waals surface area contributed by atoms with E-state index in [1.165, 1.54) is 5.56 Å². The summed E-state index contributed by atoms with van der Waals surface area (Å²) in [6.45, 7) is 4.64. The lowest BCUT2D eigenvalue weighted by atomic mass is 10.1. The quantitative estimate of drug-likeness (QED) is 0.916. The maximum atomic E-state index is 5.43. The van der Waals surface area contributed by atoms with Crippen LogP contribution >= 0.6 is 0 Å². The van der Waals surface area contributed by atoms with Crippen molar-refractivity contribution in [2.75, 3.05) is 19.9 Å². The summed E-state index contributed by atoms with van der Waals surface area (Å²) in [5, 5.41) is 3.38. The average molecular weight is 271 g/mol. The van der Waals surface area contributed by atoms with Crippen molar-refractivity contribution in [3.8, 4) is 0 Å². The number of hydrogen-bond acceptors (Lipinski definition) is 3. The minimum Gasteiger partial charge on any atom is -0.379 e. The Balaban J connectivity index is 1.64. The Morgan fingerprint density at radius 3 is 2.85 bits per heavy atom. The fourth-order valence-electron chi connectivity index (χ4n) is 2.59. The number of rotatable bonds is 3. The van der Waals surface area contributed by atoms with Crippen LogP contribution < -0.4 is 5.32 Å². The maximum Gasteiger partial charge on any atom is 0.124 e. The zero-order valence-electron chi connectivity index (χ0n) is 11.8. The Hall–Kier alpha value is -1.81. The molecule has 0 saturated carbocycles. The summed E-state index contributed by atoms with van der Waals surface area (Å²) in [6, 6.07) is 11.0. The molecule has 0 aromatic heterocycles. The number of ether oxygens (including phenoxy) is 1. The molecule has 1 aromatic rings. The van der Waals surface area contributed by atoms with Crippen LogP contribution in [-0.2, 0) is 4.74 Å². The number of hydrogen-bond donors (Lipinski definition) is 1. The van der Waals surface area contributed by atoms with Crippen LogP contribution in [0.5, 0.6) is 0 Å². The van der Waals surface area contributed by atoms with Gasteiger partial charge in [-0.1, -0.05) is 30.3 Å². The molecule has 1 fully saturated rings. The number of nitrogens with one attached hydrogen (secondary N) is 1. The molecule has 0 spiro atoms. The lowest BCUT2D eigenvalue weighted by Gasteiger charge is -2.30. The Morgan fingerprint density at radius 1 is 1.35 bits per heavy atom. The van der Waals surface area contributed by atoms with E-state index in [1.54, 1.807) is 0 Å². The molecule has 0 radical (unpaired) electrons. The Bertz CT molecular complexity index is 492. The predicted molar refractivity (Wildman–Crippen MR) is 80.5 cm³/mol. The molecule has 4 nitrogen and oxygen atoms in total. The van der Waals surface area contributed by atoms with Crippen LogP contribution in [0.3, 0.4) is 0 Å². The molecule has 4 heteroatoms. The summed E-state index contributed by atoms with van der Waals surface area (Å²) in [5.41, 5.74) is 1.24. The number of aliphatic imine (C=N–C) groups is 1. The van der Waals surface area contributed by atoms with Gasteiger partial charge in [0.2, 0.25) is 0 Å². The summed E-state index contributed by atoms with van der Waals surface area (Å²) < 4.78 is 5.43. The van der Waals surface area contributed by atoms with E-state index in [0.717, 1.165) is 32.1 Å². The zero-order valence-corrected chi connectivity index (χ0v) is 11.8. The van der Waals surface area contributed by atoms with Crippen molar-refractivity contribution in [2.45, 2.75) is 25.4 Å². The van der Waals surface area contributed by atoms with Crippen molar-refractivity contribution in [2.24, 2.45) is 4.99 Å². The first kappa shape index (κ1) is 13.2. The van der Waals surface area contributed by atoms with Crippen LogP contribution in [0.1, 0.15) is 24.9 Å². The number of amidine groups is 1. The molecule has 1 aromatic carbocycles. The highest BCUT2D eigenvalue weighted by atomic mass is 16.5. The summed E-state index contributed by atoms with van der Waals surface area (Å²) in [5.74, 6) is 0.955. The van der Waals surface area contributed by atoms with Crippen LogP contribution in [0, 0.1) is 0 Å². The van der Waals surface area contributed by atoms with Gasteiger partial charge < -0.3 is 15.0 Å². The second-order valence-corrected chi connectivity index (χ2v) is 5.28. The molecule has 1 unspecified atom stereocenters. The van der Waals surface area contributed by atoms with E-state index < -0.39 is 0 Å². The minimum atomic E-state index is 0.171. The molecule has 0 aliphatic carbocycles. The van der Waals surface area contributed by atoms with Crippen molar-refractivity contribution in [3.63, 3.8) is 0 Å². The second-order valence-electron chi connectivity index (χ2n) is 5.28. The van der Waals surface area contributed by atoms with Gasteiger partial charge in [0.15, 0.2) is 0 Å². The molecule has 2 heterocycles. The smallest absolute Gasteiger partial charge is 0.124 e. The number of nitrogens with zero attached hydrogens (tertiary/aromatic N) is 2. The Kier molecular flexibility index (Phi) is 4.02. The Labute approximate surface area is 120 Å². The summed E-state index contributed by atoms with van der Waals surface area (Å²) in [7, 11) is 0. The molecule has 2 aliphatic heterocycles. The normalized spacial score (nSPS) is 25.8. The van der Waals surface area contributed by atoms with E-state index in [9.17, 15) is 0 Å². The van der Waals surface area contributed by atoms with Gasteiger partial charge in [-0.2, -0.15) is 0 Å². The van der Waals surface area contributed by atoms with Gasteiger partial charge in [0.25, 0.3) is 0 Å². The fraction of sp³-hybridized carbons (Fsp3) is 0.438. The zero-order chi connectivity index (χ0) is 13.8. The minimum absolute atomic E-state index is 0.171. The molecule has 106 valence electrons. The molecule has 1 saturated heterocycles. The van der Waals surface area contributed by atoms with E-state index >= 15 is 0 Å². The Morgan fingerprint density at radius 2 is 2.20 bits per heavy atom. The van der Waals surface area contributed by atoms with Gasteiger partial charge in [-0.05, 0) is 25.0 Å². The van der Waals surface area contributed by atoms with Crippen molar-refractivity contribution in [1.82, 2.24) is 10.2 Å². The third kappa shape index (κ3) is 3.02. The predicted octanol–water partition coefficient (Wildman–Crippen LogP) is 2.31. The highest BCUT2D eigenvalue weighted by Crippen LogP contribution is 2.17. The summed E-state index contributed by atoms with van der Waals surface area (Å²) >= 11 is 0. The van der Waals surface area contributed by atoms with Crippen molar-refractivity contribution >= 4 is 5.84 Å². The molecule has 0 bridgehead atoms. The van der Waals surface area contributed by atoms with Gasteiger partial charge in [-0.25, -0.2) is 0 Å². The lowest BCUT2D eigenvalue weighted by Crippen LogP contribution is -2.43. The molecule has 3 rings (SSSR count). The monoisotopic (exact) mass is 271 g/mol. The summed E-state index contributed by atoms with van der Waals surface area (Å²) in [4.78, 5) is 7.02. The van der Waals surface area contributed by atoms with E-state index in [0.29, 0.717) is 6.04 Å². The SMILES string of the molecule is C[C@H](N=C1C=CN(C2CCOC2)CN1)c1ccccc1. The van der Waals surface area contributed by atoms with Crippen LogP contribution in [-0.4, -0.2) is 36.7 Å². The van der Waals surface area contributed by atoms with Crippen molar-refractivity contribution < 1.29 is 4.74 Å². The van der Waals surface area contributed by atoms with Gasteiger partial charge in [-0.15, -0.1) is 0 Å². The largest absolute Gasteiger partial charge is 0.379 e. The maximum absolute atomic E-state index is 5.43. The number of benzene rings is 1. The van der Waals surface area contributed by atoms with Gasteiger partial charge in [-0.3, -0.25) is 4.99 Å². The van der Waals surface area contributed by atoms with Gasteiger partial charge in [0.1, 0.15) is 5.84 Å². The topological polar surface area (TPSA) is 36.9 Å². The van der Waals surface area contributed by atoms with Gasteiger partial charge in [0.05, 0.1) is 25.4 Å². The molecule has 2 aliphatic rings. The van der Waals surface area contributed by atoms with E-state index in [1.807, 2.05) is 6.07 Å². The first-order valence-electron chi connectivity index (χ1n) is 7.21. The standard InChI is InChI=1S/C16H21N3O/c1-13(14-5-3-2-4-6-14)18-16-7-9-19(12-17-16)15-8-10-20-11-15/h2-7,9,13,15H,8,10-12H2,1H3,(H,17,18)/t13-,15?/m0/s1. The molecular weight excluding hydrogens is 250 g/mol. The second kappa shape index (κ2) is 6.09. The highest BCUT2D eigenvalue weighted by Gasteiger charge is 2.22. The van der Waals surface area contributed by atoms with Gasteiger partial charge >= 0.3 is 0 Å². The van der Waals surface area contributed by atoms with Crippen molar-refractivity contribution in [1.29, 1.82) is 0 Å². The van der Waals surface area contributed by atoms with Crippen LogP contribution in [0.2, 0.25) is 0 Å². The molecule has 1 N–H and O–H groups in total. The first-order chi connectivity index (χ1) is 9.83. The van der Waals surface area contributed by atoms with Crippen LogP contribution in [0.15, 0.2) is 47.6 Å². The van der Waals surface area contributed by atoms with Crippen molar-refractivity contribution in [3.05, 3.63) is 48.2 Å². The van der Waals surface area contributed by atoms with E-state index in [2.05, 4.69) is 53.7 Å². The van der Waals surface area contributed by atoms with Gasteiger partial charge in [0, 0.05) is 12.8 Å². The van der Waals surface area contributed by atoms with Crippen LogP contribution in [0.4, 0.5) is 0 Å². The lowest BCUT2D eigenvalue weighted by molar-refractivity contribution is 0.166. The molecular formula is C16H21N3O. The summed E-state index contributed by atoms with van der Waals surface area (Å²) in [6.07, 6.45) is 5.30. The molecule has 0 amide bonds. The fourth-order valence-corrected chi connectivity index (χ4v) is 2.59. The average Bonchev–Trinajstić information content (AvgIpc) is 3.03. The third-order valence-corrected chi connectivity index (χ3v) is 3.86. The molecule has 2 atom stereocenters.